The van der Waals surface area contributed by atoms with Gasteiger partial charge in [0.25, 0.3) is 0 Å². The van der Waals surface area contributed by atoms with Crippen molar-refractivity contribution in [1.82, 2.24) is 34.9 Å². The summed E-state index contributed by atoms with van der Waals surface area (Å²) in [6.07, 6.45) is 9.28. The molecule has 0 amide bonds. The number of rotatable bonds is 4. The summed E-state index contributed by atoms with van der Waals surface area (Å²) in [5, 5.41) is 12.3. The first kappa shape index (κ1) is 17.6. The van der Waals surface area contributed by atoms with Gasteiger partial charge in [0.1, 0.15) is 5.52 Å². The monoisotopic (exact) mass is 403 g/mol. The molecule has 0 unspecified atom stereocenters. The molecule has 5 rings (SSSR count). The van der Waals surface area contributed by atoms with Crippen LogP contribution in [0.25, 0.3) is 33.5 Å². The average Bonchev–Trinajstić information content (AvgIpc) is 3.46. The standard InChI is InChI=1S/C21H18ClN7/c1-12-16(9-25-28-12)19-10-24-21-20(27-19)17(8-23-21)14-7-26-29(11-14)13(2)15-5-3-4-6-18(15)22/h3-11,13H,1-2H3,(H,23,24)(H,25,28)/t13-/m0/s1. The van der Waals surface area contributed by atoms with Crippen LogP contribution in [0.3, 0.4) is 0 Å². The van der Waals surface area contributed by atoms with Crippen LogP contribution in [0.1, 0.15) is 24.2 Å². The minimum Gasteiger partial charge on any atom is -0.344 e. The summed E-state index contributed by atoms with van der Waals surface area (Å²) in [7, 11) is 0. The van der Waals surface area contributed by atoms with E-state index in [2.05, 4.69) is 32.2 Å². The molecule has 2 N–H and O–H groups in total. The van der Waals surface area contributed by atoms with Crippen LogP contribution < -0.4 is 0 Å². The van der Waals surface area contributed by atoms with E-state index < -0.39 is 0 Å². The van der Waals surface area contributed by atoms with Crippen molar-refractivity contribution in [2.45, 2.75) is 19.9 Å². The lowest BCUT2D eigenvalue weighted by atomic mass is 10.1. The Morgan fingerprint density at radius 3 is 2.76 bits per heavy atom. The lowest BCUT2D eigenvalue weighted by molar-refractivity contribution is 0.565. The van der Waals surface area contributed by atoms with Gasteiger partial charge in [0, 0.05) is 39.8 Å². The third-order valence-electron chi connectivity index (χ3n) is 5.15. The Morgan fingerprint density at radius 2 is 1.97 bits per heavy atom. The maximum absolute atomic E-state index is 6.36. The minimum atomic E-state index is 0.0119. The number of halogens is 1. The molecule has 0 fully saturated rings. The van der Waals surface area contributed by atoms with E-state index in [1.165, 1.54) is 0 Å². The molecule has 7 nitrogen and oxygen atoms in total. The van der Waals surface area contributed by atoms with Crippen LogP contribution in [0.2, 0.25) is 5.02 Å². The summed E-state index contributed by atoms with van der Waals surface area (Å²) in [4.78, 5) is 12.5. The Kier molecular flexibility index (Phi) is 4.17. The van der Waals surface area contributed by atoms with E-state index in [9.17, 15) is 0 Å². The SMILES string of the molecule is Cc1[nH]ncc1-c1cnc2[nH]cc(-c3cnn([C@@H](C)c4ccccc4Cl)c3)c2n1. The minimum absolute atomic E-state index is 0.0119. The summed E-state index contributed by atoms with van der Waals surface area (Å²) in [5.74, 6) is 0. The maximum atomic E-state index is 6.36. The largest absolute Gasteiger partial charge is 0.344 e. The van der Waals surface area contributed by atoms with Gasteiger partial charge in [-0.3, -0.25) is 9.78 Å². The van der Waals surface area contributed by atoms with E-state index in [1.54, 1.807) is 12.4 Å². The van der Waals surface area contributed by atoms with E-state index in [1.807, 2.05) is 54.5 Å². The van der Waals surface area contributed by atoms with E-state index in [0.29, 0.717) is 0 Å². The van der Waals surface area contributed by atoms with Crippen molar-refractivity contribution in [1.29, 1.82) is 0 Å². The fraction of sp³-hybridized carbons (Fsp3) is 0.143. The Labute approximate surface area is 171 Å². The topological polar surface area (TPSA) is 88.1 Å². The second-order valence-electron chi connectivity index (χ2n) is 6.97. The Bertz CT molecular complexity index is 1310. The third kappa shape index (κ3) is 3.00. The number of benzene rings is 1. The summed E-state index contributed by atoms with van der Waals surface area (Å²) >= 11 is 6.36. The van der Waals surface area contributed by atoms with E-state index in [0.717, 1.165) is 49.8 Å². The van der Waals surface area contributed by atoms with Gasteiger partial charge >= 0.3 is 0 Å². The number of aryl methyl sites for hydroxylation is 1. The highest BCUT2D eigenvalue weighted by atomic mass is 35.5. The van der Waals surface area contributed by atoms with Crippen LogP contribution in [0, 0.1) is 6.92 Å². The molecule has 0 saturated carbocycles. The molecule has 0 aliphatic heterocycles. The van der Waals surface area contributed by atoms with Gasteiger partial charge in [0.2, 0.25) is 0 Å². The molecule has 0 bridgehead atoms. The second-order valence-corrected chi connectivity index (χ2v) is 7.38. The van der Waals surface area contributed by atoms with Gasteiger partial charge in [-0.15, -0.1) is 0 Å². The van der Waals surface area contributed by atoms with Crippen LogP contribution in [0.15, 0.2) is 55.2 Å². The molecular weight excluding hydrogens is 386 g/mol. The quantitative estimate of drug-likeness (QED) is 0.452. The normalized spacial score (nSPS) is 12.5. The molecule has 4 heterocycles. The number of hydrogen-bond acceptors (Lipinski definition) is 4. The van der Waals surface area contributed by atoms with Gasteiger partial charge in [-0.2, -0.15) is 10.2 Å². The number of fused-ring (bicyclic) bond motifs is 1. The van der Waals surface area contributed by atoms with Gasteiger partial charge in [-0.1, -0.05) is 29.8 Å². The predicted molar refractivity (Wildman–Crippen MR) is 113 cm³/mol. The fourth-order valence-electron chi connectivity index (χ4n) is 3.50. The highest BCUT2D eigenvalue weighted by molar-refractivity contribution is 6.31. The summed E-state index contributed by atoms with van der Waals surface area (Å²) in [5.41, 5.74) is 7.15. The molecule has 1 aromatic carbocycles. The Balaban J connectivity index is 1.55. The number of nitrogens with zero attached hydrogens (tertiary/aromatic N) is 5. The molecule has 0 radical (unpaired) electrons. The van der Waals surface area contributed by atoms with Gasteiger partial charge < -0.3 is 4.98 Å². The smallest absolute Gasteiger partial charge is 0.156 e. The van der Waals surface area contributed by atoms with E-state index >= 15 is 0 Å². The molecule has 0 spiro atoms. The van der Waals surface area contributed by atoms with Gasteiger partial charge in [-0.25, -0.2) is 9.97 Å². The number of nitrogens with one attached hydrogen (secondary N) is 2. The first-order valence-corrected chi connectivity index (χ1v) is 9.63. The number of aromatic nitrogens is 7. The van der Waals surface area contributed by atoms with Crippen molar-refractivity contribution in [2.75, 3.05) is 0 Å². The Hall–Kier alpha value is -3.45. The van der Waals surface area contributed by atoms with E-state index in [-0.39, 0.29) is 6.04 Å². The molecule has 4 aromatic heterocycles. The van der Waals surface area contributed by atoms with Crippen LogP contribution in [-0.2, 0) is 0 Å². The van der Waals surface area contributed by atoms with Crippen molar-refractivity contribution in [3.05, 3.63) is 71.5 Å². The lowest BCUT2D eigenvalue weighted by Gasteiger charge is -2.13. The van der Waals surface area contributed by atoms with Crippen LogP contribution in [0.4, 0.5) is 0 Å². The van der Waals surface area contributed by atoms with Gasteiger partial charge in [-0.05, 0) is 25.5 Å². The number of aromatic amines is 2. The van der Waals surface area contributed by atoms with Crippen LogP contribution in [0.5, 0.6) is 0 Å². The molecule has 29 heavy (non-hydrogen) atoms. The highest BCUT2D eigenvalue weighted by Gasteiger charge is 2.16. The van der Waals surface area contributed by atoms with Crippen molar-refractivity contribution in [2.24, 2.45) is 0 Å². The molecule has 0 aliphatic carbocycles. The van der Waals surface area contributed by atoms with Crippen molar-refractivity contribution in [3.8, 4) is 22.4 Å². The second kappa shape index (κ2) is 6.86. The van der Waals surface area contributed by atoms with Crippen LogP contribution >= 0.6 is 11.6 Å². The molecule has 144 valence electrons. The third-order valence-corrected chi connectivity index (χ3v) is 5.50. The number of H-pyrrole nitrogens is 2. The summed E-state index contributed by atoms with van der Waals surface area (Å²) in [6, 6.07) is 7.84. The zero-order valence-corrected chi connectivity index (χ0v) is 16.6. The first-order valence-electron chi connectivity index (χ1n) is 9.25. The lowest BCUT2D eigenvalue weighted by Crippen LogP contribution is -2.07. The fourth-order valence-corrected chi connectivity index (χ4v) is 3.79. The maximum Gasteiger partial charge on any atom is 0.156 e. The van der Waals surface area contributed by atoms with Gasteiger partial charge in [0.15, 0.2) is 5.65 Å². The first-order chi connectivity index (χ1) is 14.1. The molecule has 8 heteroatoms. The molecule has 0 aliphatic rings. The number of hydrogen-bond donors (Lipinski definition) is 2. The Morgan fingerprint density at radius 1 is 1.10 bits per heavy atom. The van der Waals surface area contributed by atoms with Gasteiger partial charge in [0.05, 0.1) is 30.3 Å². The average molecular weight is 404 g/mol. The molecule has 5 aromatic rings. The molecule has 0 saturated heterocycles. The van der Waals surface area contributed by atoms with E-state index in [4.69, 9.17) is 16.6 Å². The summed E-state index contributed by atoms with van der Waals surface area (Å²) < 4.78 is 1.91. The van der Waals surface area contributed by atoms with Crippen LogP contribution in [-0.4, -0.2) is 34.9 Å². The molecular formula is C21H18ClN7. The van der Waals surface area contributed by atoms with Crippen molar-refractivity contribution >= 4 is 22.8 Å². The summed E-state index contributed by atoms with van der Waals surface area (Å²) in [6.45, 7) is 4.04. The van der Waals surface area contributed by atoms with Crippen molar-refractivity contribution in [3.63, 3.8) is 0 Å². The molecule has 1 atom stereocenters. The van der Waals surface area contributed by atoms with Crippen molar-refractivity contribution < 1.29 is 0 Å². The highest BCUT2D eigenvalue weighted by Crippen LogP contribution is 2.31. The predicted octanol–water partition coefficient (Wildman–Crippen LogP) is 4.78. The zero-order chi connectivity index (χ0) is 20.0. The zero-order valence-electron chi connectivity index (χ0n) is 15.9.